The Bertz CT molecular complexity index is 448. The van der Waals surface area contributed by atoms with Crippen LogP contribution in [0.25, 0.3) is 0 Å². The predicted octanol–water partition coefficient (Wildman–Crippen LogP) is 2.16. The minimum absolute atomic E-state index is 0.126. The van der Waals surface area contributed by atoms with Crippen molar-refractivity contribution in [1.82, 2.24) is 5.32 Å². The summed E-state index contributed by atoms with van der Waals surface area (Å²) in [6, 6.07) is 6.94. The molecule has 1 aromatic carbocycles. The molecular formula is C14H18F3NO4. The number of carbonyl (C=O) groups excluding carboxylic acids is 1. The van der Waals surface area contributed by atoms with Gasteiger partial charge in [0.15, 0.2) is 0 Å². The van der Waals surface area contributed by atoms with E-state index in [1.165, 1.54) is 0 Å². The number of ether oxygens (including phenoxy) is 3. The molecule has 0 aliphatic heterocycles. The van der Waals surface area contributed by atoms with Crippen LogP contribution < -0.4 is 14.8 Å². The van der Waals surface area contributed by atoms with Crippen LogP contribution in [-0.4, -0.2) is 45.6 Å². The Labute approximate surface area is 126 Å². The van der Waals surface area contributed by atoms with Crippen LogP contribution in [0.5, 0.6) is 11.5 Å². The number of benzene rings is 1. The van der Waals surface area contributed by atoms with E-state index >= 15 is 0 Å². The Morgan fingerprint density at radius 2 is 1.77 bits per heavy atom. The minimum atomic E-state index is -4.37. The Kier molecular flexibility index (Phi) is 7.51. The molecule has 0 aliphatic carbocycles. The molecule has 0 unspecified atom stereocenters. The molecular weight excluding hydrogens is 303 g/mol. The molecule has 1 aromatic rings. The zero-order valence-corrected chi connectivity index (χ0v) is 12.1. The Hall–Kier alpha value is -1.96. The van der Waals surface area contributed by atoms with Gasteiger partial charge in [-0.25, -0.2) is 0 Å². The average Bonchev–Trinajstić information content (AvgIpc) is 2.48. The van der Waals surface area contributed by atoms with Crippen molar-refractivity contribution in [3.8, 4) is 11.5 Å². The summed E-state index contributed by atoms with van der Waals surface area (Å²) in [5.74, 6) is 0.948. The molecule has 0 aromatic heterocycles. The molecule has 0 aliphatic rings. The molecule has 0 saturated heterocycles. The fourth-order valence-electron chi connectivity index (χ4n) is 1.47. The van der Waals surface area contributed by atoms with Gasteiger partial charge in [-0.2, -0.15) is 13.2 Å². The van der Waals surface area contributed by atoms with Crippen molar-refractivity contribution < 1.29 is 32.2 Å². The molecule has 124 valence electrons. The van der Waals surface area contributed by atoms with Gasteiger partial charge in [0.25, 0.3) is 0 Å². The van der Waals surface area contributed by atoms with E-state index in [1.807, 2.05) is 0 Å². The maximum absolute atomic E-state index is 11.8. The van der Waals surface area contributed by atoms with Gasteiger partial charge in [-0.1, -0.05) is 0 Å². The second-order valence-corrected chi connectivity index (χ2v) is 4.29. The molecule has 0 bridgehead atoms. The van der Waals surface area contributed by atoms with E-state index < -0.39 is 12.8 Å². The van der Waals surface area contributed by atoms with Gasteiger partial charge in [-0.3, -0.25) is 4.79 Å². The lowest BCUT2D eigenvalue weighted by molar-refractivity contribution is -0.174. The summed E-state index contributed by atoms with van der Waals surface area (Å²) in [6.07, 6.45) is -4.50. The highest BCUT2D eigenvalue weighted by Crippen LogP contribution is 2.16. The van der Waals surface area contributed by atoms with Crippen LogP contribution in [0.1, 0.15) is 6.42 Å². The lowest BCUT2D eigenvalue weighted by atomic mass is 10.3. The van der Waals surface area contributed by atoms with Gasteiger partial charge in [-0.05, 0) is 24.3 Å². The fourth-order valence-corrected chi connectivity index (χ4v) is 1.47. The summed E-state index contributed by atoms with van der Waals surface area (Å²) in [4.78, 5) is 11.3. The van der Waals surface area contributed by atoms with Crippen molar-refractivity contribution >= 4 is 5.91 Å². The highest BCUT2D eigenvalue weighted by atomic mass is 19.4. The molecule has 0 spiro atoms. The van der Waals surface area contributed by atoms with Crippen LogP contribution in [0.3, 0.4) is 0 Å². The molecule has 1 N–H and O–H groups in total. The summed E-state index contributed by atoms with van der Waals surface area (Å²) < 4.78 is 50.1. The van der Waals surface area contributed by atoms with Gasteiger partial charge >= 0.3 is 6.18 Å². The smallest absolute Gasteiger partial charge is 0.411 e. The van der Waals surface area contributed by atoms with E-state index in [1.54, 1.807) is 31.4 Å². The van der Waals surface area contributed by atoms with Crippen molar-refractivity contribution in [2.24, 2.45) is 0 Å². The summed E-state index contributed by atoms with van der Waals surface area (Å²) in [5.41, 5.74) is 0. The number of alkyl halides is 3. The molecule has 1 amide bonds. The third-order valence-corrected chi connectivity index (χ3v) is 2.49. The number of hydrogen-bond acceptors (Lipinski definition) is 4. The summed E-state index contributed by atoms with van der Waals surface area (Å²) in [6.45, 7) is -1.11. The number of halogens is 3. The largest absolute Gasteiger partial charge is 0.497 e. The first-order valence-electron chi connectivity index (χ1n) is 6.59. The lowest BCUT2D eigenvalue weighted by Crippen LogP contribution is -2.29. The van der Waals surface area contributed by atoms with Crippen molar-refractivity contribution in [2.45, 2.75) is 12.6 Å². The first-order chi connectivity index (χ1) is 10.4. The molecule has 0 atom stereocenters. The number of amides is 1. The zero-order chi connectivity index (χ0) is 16.4. The molecule has 5 nitrogen and oxygen atoms in total. The van der Waals surface area contributed by atoms with Crippen molar-refractivity contribution in [3.63, 3.8) is 0 Å². The minimum Gasteiger partial charge on any atom is -0.497 e. The van der Waals surface area contributed by atoms with E-state index in [0.29, 0.717) is 11.5 Å². The van der Waals surface area contributed by atoms with Crippen molar-refractivity contribution in [3.05, 3.63) is 24.3 Å². The van der Waals surface area contributed by atoms with Gasteiger partial charge < -0.3 is 19.5 Å². The maximum atomic E-state index is 11.8. The normalized spacial score (nSPS) is 11.1. The molecule has 0 fully saturated rings. The van der Waals surface area contributed by atoms with Crippen LogP contribution in [0.15, 0.2) is 24.3 Å². The van der Waals surface area contributed by atoms with Crippen LogP contribution in [0.4, 0.5) is 13.2 Å². The van der Waals surface area contributed by atoms with E-state index in [2.05, 4.69) is 10.1 Å². The predicted molar refractivity (Wildman–Crippen MR) is 73.0 cm³/mol. The van der Waals surface area contributed by atoms with Crippen LogP contribution in [-0.2, 0) is 9.53 Å². The van der Waals surface area contributed by atoms with Gasteiger partial charge in [0.2, 0.25) is 5.91 Å². The first-order valence-corrected chi connectivity index (χ1v) is 6.59. The van der Waals surface area contributed by atoms with Crippen LogP contribution >= 0.6 is 0 Å². The Balaban J connectivity index is 2.07. The number of hydrogen-bond donors (Lipinski definition) is 1. The first kappa shape index (κ1) is 18.1. The third-order valence-electron chi connectivity index (χ3n) is 2.49. The zero-order valence-electron chi connectivity index (χ0n) is 12.1. The molecule has 22 heavy (non-hydrogen) atoms. The molecule has 8 heteroatoms. The Morgan fingerprint density at radius 1 is 1.14 bits per heavy atom. The summed E-state index contributed by atoms with van der Waals surface area (Å²) in [5, 5.41) is 2.52. The van der Waals surface area contributed by atoms with E-state index in [9.17, 15) is 18.0 Å². The van der Waals surface area contributed by atoms with Gasteiger partial charge in [0.1, 0.15) is 24.7 Å². The molecule has 0 saturated carbocycles. The van der Waals surface area contributed by atoms with Crippen LogP contribution in [0.2, 0.25) is 0 Å². The highest BCUT2D eigenvalue weighted by molar-refractivity contribution is 5.75. The topological polar surface area (TPSA) is 56.8 Å². The van der Waals surface area contributed by atoms with Crippen molar-refractivity contribution in [1.29, 1.82) is 0 Å². The Morgan fingerprint density at radius 3 is 2.36 bits per heavy atom. The van der Waals surface area contributed by atoms with Gasteiger partial charge in [0.05, 0.1) is 20.3 Å². The second kappa shape index (κ2) is 9.14. The molecule has 0 heterocycles. The van der Waals surface area contributed by atoms with Gasteiger partial charge in [0, 0.05) is 6.42 Å². The molecule has 1 rings (SSSR count). The van der Waals surface area contributed by atoms with Crippen molar-refractivity contribution in [2.75, 3.05) is 33.5 Å². The lowest BCUT2D eigenvalue weighted by Gasteiger charge is -2.09. The summed E-state index contributed by atoms with van der Waals surface area (Å²) >= 11 is 0. The fraction of sp³-hybridized carbons (Fsp3) is 0.500. The number of methoxy groups -OCH3 is 1. The van der Waals surface area contributed by atoms with Crippen LogP contribution in [0, 0.1) is 0 Å². The molecule has 0 radical (unpaired) electrons. The summed E-state index contributed by atoms with van der Waals surface area (Å²) in [7, 11) is 1.56. The quantitative estimate of drug-likeness (QED) is 0.708. The highest BCUT2D eigenvalue weighted by Gasteiger charge is 2.27. The van der Waals surface area contributed by atoms with E-state index in [0.717, 1.165) is 0 Å². The monoisotopic (exact) mass is 321 g/mol. The van der Waals surface area contributed by atoms with E-state index in [-0.39, 0.29) is 32.1 Å². The maximum Gasteiger partial charge on any atom is 0.411 e. The third kappa shape index (κ3) is 8.35. The number of nitrogens with one attached hydrogen (secondary N) is 1. The number of rotatable bonds is 9. The second-order valence-electron chi connectivity index (χ2n) is 4.29. The van der Waals surface area contributed by atoms with Gasteiger partial charge in [-0.15, -0.1) is 0 Å². The average molecular weight is 321 g/mol. The standard InChI is InChI=1S/C14H18F3NO4/c1-20-11-2-4-12(5-3-11)22-9-7-18-13(19)6-8-21-10-14(15,16)17/h2-5H,6-10H2,1H3,(H,18,19). The van der Waals surface area contributed by atoms with E-state index in [4.69, 9.17) is 9.47 Å². The number of carbonyl (C=O) groups is 1. The SMILES string of the molecule is COc1ccc(OCCNC(=O)CCOCC(F)(F)F)cc1.